The maximum atomic E-state index is 12.3. The normalized spacial score (nSPS) is 24.6. The summed E-state index contributed by atoms with van der Waals surface area (Å²) in [5.41, 5.74) is 0.870. The number of hydrogen-bond donors (Lipinski definition) is 1. The van der Waals surface area contributed by atoms with Crippen LogP contribution in [0.5, 0.6) is 0 Å². The first-order valence-electron chi connectivity index (χ1n) is 8.68. The lowest BCUT2D eigenvalue weighted by molar-refractivity contribution is -0.142. The van der Waals surface area contributed by atoms with Crippen molar-refractivity contribution in [2.45, 2.75) is 36.9 Å². The van der Waals surface area contributed by atoms with Crippen molar-refractivity contribution in [3.8, 4) is 0 Å². The van der Waals surface area contributed by atoms with Crippen LogP contribution in [0, 0.1) is 0 Å². The van der Waals surface area contributed by atoms with E-state index in [1.54, 1.807) is 11.8 Å². The highest BCUT2D eigenvalue weighted by Crippen LogP contribution is 2.26. The molecule has 0 radical (unpaired) electrons. The second-order valence-corrected chi connectivity index (χ2v) is 7.50. The Bertz CT molecular complexity index is 686. The molecule has 0 aliphatic carbocycles. The van der Waals surface area contributed by atoms with Crippen LogP contribution in [-0.2, 0) is 30.4 Å². The van der Waals surface area contributed by atoms with Gasteiger partial charge in [0.25, 0.3) is 0 Å². The molecule has 1 aromatic carbocycles. The van der Waals surface area contributed by atoms with E-state index in [0.717, 1.165) is 5.56 Å². The minimum atomic E-state index is -0.673. The molecule has 3 atom stereocenters. The monoisotopic (exact) mass is 394 g/mol. The van der Waals surface area contributed by atoms with Gasteiger partial charge in [0.1, 0.15) is 18.7 Å². The number of carbonyl (C=O) groups excluding carboxylic acids is 3. The van der Waals surface area contributed by atoms with Crippen molar-refractivity contribution in [2.24, 2.45) is 0 Å². The van der Waals surface area contributed by atoms with Crippen molar-refractivity contribution < 1.29 is 28.6 Å². The molecule has 0 aromatic heterocycles. The third kappa shape index (κ3) is 4.92. The van der Waals surface area contributed by atoms with Crippen molar-refractivity contribution in [3.05, 3.63) is 35.9 Å². The lowest BCUT2D eigenvalue weighted by Crippen LogP contribution is -2.40. The number of hydrogen-bond acceptors (Lipinski definition) is 8. The van der Waals surface area contributed by atoms with Crippen molar-refractivity contribution >= 4 is 29.8 Å². The molecule has 1 aromatic rings. The number of nitrogens with zero attached hydrogens (tertiary/aromatic N) is 1. The molecule has 146 valence electrons. The van der Waals surface area contributed by atoms with Gasteiger partial charge >= 0.3 is 18.0 Å². The molecular weight excluding hydrogens is 372 g/mol. The number of esters is 2. The Morgan fingerprint density at radius 1 is 1.30 bits per heavy atom. The van der Waals surface area contributed by atoms with Crippen LogP contribution in [0.2, 0.25) is 0 Å². The molecule has 2 aliphatic rings. The molecule has 8 nitrogen and oxygen atoms in total. The van der Waals surface area contributed by atoms with E-state index in [-0.39, 0.29) is 30.7 Å². The average Bonchev–Trinajstić information content (AvgIpc) is 3.31. The van der Waals surface area contributed by atoms with E-state index in [1.165, 1.54) is 12.0 Å². The third-order valence-electron chi connectivity index (χ3n) is 4.47. The van der Waals surface area contributed by atoms with E-state index in [2.05, 4.69) is 5.32 Å². The molecule has 0 spiro atoms. The molecule has 2 fully saturated rings. The first-order chi connectivity index (χ1) is 13.1. The Morgan fingerprint density at radius 3 is 2.81 bits per heavy atom. The van der Waals surface area contributed by atoms with Crippen LogP contribution >= 0.6 is 11.8 Å². The van der Waals surface area contributed by atoms with Gasteiger partial charge in [0, 0.05) is 5.75 Å². The fourth-order valence-electron chi connectivity index (χ4n) is 2.99. The fourth-order valence-corrected chi connectivity index (χ4v) is 4.21. The van der Waals surface area contributed by atoms with Crippen LogP contribution < -0.4 is 5.32 Å². The van der Waals surface area contributed by atoms with Crippen molar-refractivity contribution in [3.63, 3.8) is 0 Å². The summed E-state index contributed by atoms with van der Waals surface area (Å²) in [5, 5.41) is 3.19. The smallest absolute Gasteiger partial charge is 0.413 e. The molecule has 1 N–H and O–H groups in total. The molecule has 0 bridgehead atoms. The summed E-state index contributed by atoms with van der Waals surface area (Å²) in [7, 11) is 1.36. The molecule has 2 saturated heterocycles. The SMILES string of the molecule is COC(=O)[C@@H]1CSC(CC[C@@H]2C(=O)OCN2C(=O)OCc2ccccc2)N1. The summed E-state index contributed by atoms with van der Waals surface area (Å²) in [6.45, 7) is 0.0328. The summed E-state index contributed by atoms with van der Waals surface area (Å²) in [5.74, 6) is -0.106. The van der Waals surface area contributed by atoms with Gasteiger partial charge in [-0.25, -0.2) is 9.59 Å². The van der Waals surface area contributed by atoms with Gasteiger partial charge in [-0.05, 0) is 18.4 Å². The Labute approximate surface area is 161 Å². The number of amides is 1. The van der Waals surface area contributed by atoms with E-state index in [4.69, 9.17) is 14.2 Å². The van der Waals surface area contributed by atoms with Crippen LogP contribution in [0.4, 0.5) is 4.79 Å². The lowest BCUT2D eigenvalue weighted by Gasteiger charge is -2.21. The molecular formula is C18H22N2O6S. The number of rotatable bonds is 6. The molecule has 3 rings (SSSR count). The fraction of sp³-hybridized carbons (Fsp3) is 0.500. The number of cyclic esters (lactones) is 1. The van der Waals surface area contributed by atoms with Gasteiger partial charge in [-0.15, -0.1) is 11.8 Å². The second-order valence-electron chi connectivity index (χ2n) is 6.26. The van der Waals surface area contributed by atoms with Gasteiger partial charge in [-0.1, -0.05) is 30.3 Å². The molecule has 1 unspecified atom stereocenters. The predicted octanol–water partition coefficient (Wildman–Crippen LogP) is 1.49. The van der Waals surface area contributed by atoms with E-state index < -0.39 is 18.1 Å². The van der Waals surface area contributed by atoms with Crippen LogP contribution in [0.25, 0.3) is 0 Å². The van der Waals surface area contributed by atoms with Gasteiger partial charge in [-0.2, -0.15) is 0 Å². The van der Waals surface area contributed by atoms with Gasteiger partial charge in [0.2, 0.25) is 0 Å². The molecule has 2 aliphatic heterocycles. The lowest BCUT2D eigenvalue weighted by atomic mass is 10.1. The van der Waals surface area contributed by atoms with Crippen LogP contribution in [0.15, 0.2) is 30.3 Å². The summed E-state index contributed by atoms with van der Waals surface area (Å²) < 4.78 is 15.1. The zero-order valence-electron chi connectivity index (χ0n) is 15.0. The number of benzene rings is 1. The quantitative estimate of drug-likeness (QED) is 0.573. The first kappa shape index (κ1) is 19.5. The highest BCUT2D eigenvalue weighted by molar-refractivity contribution is 8.00. The average molecular weight is 394 g/mol. The summed E-state index contributed by atoms with van der Waals surface area (Å²) in [4.78, 5) is 37.2. The number of methoxy groups -OCH3 is 1. The largest absolute Gasteiger partial charge is 0.468 e. The van der Waals surface area contributed by atoms with E-state index in [9.17, 15) is 14.4 Å². The summed E-state index contributed by atoms with van der Waals surface area (Å²) >= 11 is 1.60. The van der Waals surface area contributed by atoms with Crippen molar-refractivity contribution in [1.29, 1.82) is 0 Å². The number of nitrogens with one attached hydrogen (secondary N) is 1. The van der Waals surface area contributed by atoms with Crippen LogP contribution in [-0.4, -0.2) is 60.0 Å². The number of carbonyl (C=O) groups is 3. The van der Waals surface area contributed by atoms with Gasteiger partial charge in [0.15, 0.2) is 6.73 Å². The highest BCUT2D eigenvalue weighted by atomic mass is 32.2. The first-order valence-corrected chi connectivity index (χ1v) is 9.73. The van der Waals surface area contributed by atoms with Crippen molar-refractivity contribution in [1.82, 2.24) is 10.2 Å². The van der Waals surface area contributed by atoms with Gasteiger partial charge < -0.3 is 14.2 Å². The maximum absolute atomic E-state index is 12.3. The molecule has 9 heteroatoms. The standard InChI is InChI=1S/C18H22N2O6S/c1-24-16(21)13-10-27-15(19-13)8-7-14-17(22)26-11-20(14)18(23)25-9-12-5-3-2-4-6-12/h2-6,13-15,19H,7-11H2,1H3/t13-,14+,15?/m0/s1. The van der Waals surface area contributed by atoms with Gasteiger partial charge in [0.05, 0.1) is 12.5 Å². The molecule has 2 heterocycles. The maximum Gasteiger partial charge on any atom is 0.413 e. The Morgan fingerprint density at radius 2 is 2.07 bits per heavy atom. The van der Waals surface area contributed by atoms with E-state index >= 15 is 0 Å². The molecule has 27 heavy (non-hydrogen) atoms. The van der Waals surface area contributed by atoms with Crippen molar-refractivity contribution in [2.75, 3.05) is 19.6 Å². The zero-order valence-corrected chi connectivity index (χ0v) is 15.8. The second kappa shape index (κ2) is 9.09. The molecule has 1 amide bonds. The predicted molar refractivity (Wildman–Crippen MR) is 97.6 cm³/mol. The Kier molecular flexibility index (Phi) is 6.57. The minimum absolute atomic E-state index is 0.0182. The van der Waals surface area contributed by atoms with Crippen LogP contribution in [0.3, 0.4) is 0 Å². The number of thioether (sulfide) groups is 1. The Balaban J connectivity index is 1.49. The zero-order chi connectivity index (χ0) is 19.2. The molecule has 0 saturated carbocycles. The Hall–Kier alpha value is -2.26. The highest BCUT2D eigenvalue weighted by Gasteiger charge is 2.40. The number of ether oxygens (including phenoxy) is 3. The summed E-state index contributed by atoms with van der Waals surface area (Å²) in [6.07, 6.45) is 0.465. The minimum Gasteiger partial charge on any atom is -0.468 e. The van der Waals surface area contributed by atoms with E-state index in [1.807, 2.05) is 30.3 Å². The van der Waals surface area contributed by atoms with Crippen LogP contribution in [0.1, 0.15) is 18.4 Å². The third-order valence-corrected chi connectivity index (χ3v) is 5.77. The summed E-state index contributed by atoms with van der Waals surface area (Å²) in [6, 6.07) is 8.31. The van der Waals surface area contributed by atoms with E-state index in [0.29, 0.717) is 18.6 Å². The van der Waals surface area contributed by atoms with Gasteiger partial charge in [-0.3, -0.25) is 15.0 Å². The topological polar surface area (TPSA) is 94.2 Å².